The van der Waals surface area contributed by atoms with E-state index in [1.54, 1.807) is 12.1 Å². The van der Waals surface area contributed by atoms with Crippen molar-refractivity contribution in [2.45, 2.75) is 50.6 Å². The lowest BCUT2D eigenvalue weighted by Crippen LogP contribution is -2.50. The second-order valence-electron chi connectivity index (χ2n) is 11.7. The summed E-state index contributed by atoms with van der Waals surface area (Å²) in [5.74, 6) is -4.02. The summed E-state index contributed by atoms with van der Waals surface area (Å²) in [6.45, 7) is 5.87. The van der Waals surface area contributed by atoms with Crippen LogP contribution in [0.2, 0.25) is 10.0 Å². The molecule has 7 nitrogen and oxygen atoms in total. The monoisotopic (exact) mass is 619 g/mol. The molecule has 0 radical (unpaired) electrons. The molecule has 42 heavy (non-hydrogen) atoms. The van der Waals surface area contributed by atoms with Crippen LogP contribution in [0.25, 0.3) is 0 Å². The van der Waals surface area contributed by atoms with Crippen molar-refractivity contribution in [2.75, 3.05) is 19.0 Å². The number of halogens is 4. The molecule has 4 rings (SSSR count). The second kappa shape index (κ2) is 12.2. The van der Waals surface area contributed by atoms with E-state index in [9.17, 15) is 14.7 Å². The number of nitrogens with two attached hydrogens (primary N) is 1. The van der Waals surface area contributed by atoms with Crippen LogP contribution in [-0.4, -0.2) is 42.7 Å². The van der Waals surface area contributed by atoms with Gasteiger partial charge in [-0.1, -0.05) is 62.2 Å². The van der Waals surface area contributed by atoms with Crippen molar-refractivity contribution in [3.05, 3.63) is 93.0 Å². The minimum atomic E-state index is -1.31. The molecule has 0 unspecified atom stereocenters. The highest BCUT2D eigenvalue weighted by molar-refractivity contribution is 6.31. The van der Waals surface area contributed by atoms with Crippen LogP contribution in [0.4, 0.5) is 14.5 Å². The fourth-order valence-electron chi connectivity index (χ4n) is 6.01. The summed E-state index contributed by atoms with van der Waals surface area (Å²) in [5, 5.41) is 15.6. The first-order valence-corrected chi connectivity index (χ1v) is 14.1. The molecule has 0 aromatic heterocycles. The summed E-state index contributed by atoms with van der Waals surface area (Å²) in [6.07, 6.45) is 0.450. The van der Waals surface area contributed by atoms with Gasteiger partial charge in [-0.25, -0.2) is 13.6 Å². The van der Waals surface area contributed by atoms with E-state index >= 15 is 8.78 Å². The summed E-state index contributed by atoms with van der Waals surface area (Å²) in [6, 6.07) is 11.0. The molecule has 0 bridgehead atoms. The third kappa shape index (κ3) is 5.97. The number of hydrogen-bond acceptors (Lipinski definition) is 5. The molecular weight excluding hydrogens is 587 g/mol. The lowest BCUT2D eigenvalue weighted by molar-refractivity contribution is -0.118. The number of methoxy groups -OCH3 is 1. The standard InChI is InChI=1S/C31H33Cl2F2N3O4/c1-30(2,3)14-24-31(15-36,19-10-9-17(32)13-21(19)34)25(18-6-5-7-20(33)26(18)35)27(38-24)28(39)37-22-11-8-16(29(40)41)12-23(22)42-4/h5-13,24-25,27,38H,14-15,36H2,1-4H3,(H,37,39)(H,40,41)/t24-,25-,27+,31-/m0/s1. The fraction of sp³-hybridized carbons (Fsp3) is 0.355. The van der Waals surface area contributed by atoms with Crippen LogP contribution >= 0.6 is 23.2 Å². The van der Waals surface area contributed by atoms with Crippen molar-refractivity contribution in [1.29, 1.82) is 0 Å². The van der Waals surface area contributed by atoms with Crippen LogP contribution in [0.3, 0.4) is 0 Å². The van der Waals surface area contributed by atoms with E-state index in [1.165, 1.54) is 49.6 Å². The van der Waals surface area contributed by atoms with Crippen molar-refractivity contribution in [3.8, 4) is 5.75 Å². The van der Waals surface area contributed by atoms with Gasteiger partial charge in [0.1, 0.15) is 17.4 Å². The van der Waals surface area contributed by atoms with E-state index in [-0.39, 0.29) is 50.1 Å². The molecule has 1 aliphatic heterocycles. The molecular formula is C31H33Cl2F2N3O4. The van der Waals surface area contributed by atoms with Gasteiger partial charge in [-0.15, -0.1) is 0 Å². The van der Waals surface area contributed by atoms with Crippen molar-refractivity contribution in [3.63, 3.8) is 0 Å². The molecule has 0 aliphatic carbocycles. The first kappa shape index (κ1) is 31.7. The van der Waals surface area contributed by atoms with E-state index in [0.717, 1.165) is 0 Å². The number of ether oxygens (including phenoxy) is 1. The molecule has 1 heterocycles. The Bertz CT molecular complexity index is 1510. The van der Waals surface area contributed by atoms with Crippen LogP contribution in [0.15, 0.2) is 54.6 Å². The number of carboxylic acids is 1. The summed E-state index contributed by atoms with van der Waals surface area (Å²) in [5.41, 5.74) is 5.38. The average molecular weight is 621 g/mol. The van der Waals surface area contributed by atoms with E-state index in [2.05, 4.69) is 10.6 Å². The fourth-order valence-corrected chi connectivity index (χ4v) is 6.35. The van der Waals surface area contributed by atoms with Gasteiger partial charge in [0.25, 0.3) is 0 Å². The highest BCUT2D eigenvalue weighted by Crippen LogP contribution is 2.52. The molecule has 3 aromatic rings. The first-order valence-electron chi connectivity index (χ1n) is 13.3. The van der Waals surface area contributed by atoms with Crippen LogP contribution in [0, 0.1) is 17.0 Å². The van der Waals surface area contributed by atoms with Crippen molar-refractivity contribution in [2.24, 2.45) is 11.1 Å². The van der Waals surface area contributed by atoms with Crippen molar-refractivity contribution >= 4 is 40.8 Å². The average Bonchev–Trinajstić information content (AvgIpc) is 3.23. The molecule has 4 atom stereocenters. The number of carbonyl (C=O) groups is 2. The van der Waals surface area contributed by atoms with E-state index in [1.807, 2.05) is 20.8 Å². The van der Waals surface area contributed by atoms with Gasteiger partial charge in [0.05, 0.1) is 29.4 Å². The van der Waals surface area contributed by atoms with Gasteiger partial charge in [-0.05, 0) is 59.4 Å². The predicted octanol–water partition coefficient (Wildman–Crippen LogP) is 6.37. The van der Waals surface area contributed by atoms with Gasteiger partial charge in [0.15, 0.2) is 0 Å². The SMILES string of the molecule is COc1cc(C(=O)O)ccc1NC(=O)[C@@H]1N[C@@H](CC(C)(C)C)[C@](CN)(c2ccc(Cl)cc2F)[C@H]1c1cccc(Cl)c1F. The zero-order valence-corrected chi connectivity index (χ0v) is 25.1. The number of anilines is 1. The van der Waals surface area contributed by atoms with Crippen LogP contribution in [-0.2, 0) is 10.2 Å². The Morgan fingerprint density at radius 2 is 1.83 bits per heavy atom. The van der Waals surface area contributed by atoms with Crippen LogP contribution < -0.4 is 21.1 Å². The number of amides is 1. The Morgan fingerprint density at radius 3 is 2.43 bits per heavy atom. The number of benzene rings is 3. The third-order valence-corrected chi connectivity index (χ3v) is 8.31. The molecule has 11 heteroatoms. The lowest BCUT2D eigenvalue weighted by atomic mass is 9.62. The number of rotatable bonds is 8. The number of carboxylic acid groups (broad SMARTS) is 1. The van der Waals surface area contributed by atoms with E-state index < -0.39 is 46.9 Å². The normalized spacial score (nSPS) is 22.2. The summed E-state index contributed by atoms with van der Waals surface area (Å²) in [4.78, 5) is 25.6. The number of hydrogen-bond donors (Lipinski definition) is 4. The van der Waals surface area contributed by atoms with E-state index in [4.69, 9.17) is 33.7 Å². The highest BCUT2D eigenvalue weighted by Gasteiger charge is 2.59. The Morgan fingerprint density at radius 1 is 1.12 bits per heavy atom. The van der Waals surface area contributed by atoms with Gasteiger partial charge in [-0.3, -0.25) is 4.79 Å². The lowest BCUT2D eigenvalue weighted by Gasteiger charge is -2.42. The van der Waals surface area contributed by atoms with Gasteiger partial charge >= 0.3 is 5.97 Å². The topological polar surface area (TPSA) is 114 Å². The third-order valence-electron chi connectivity index (χ3n) is 7.78. The molecule has 1 amide bonds. The molecule has 224 valence electrons. The number of nitrogens with one attached hydrogen (secondary N) is 2. The van der Waals surface area contributed by atoms with Crippen LogP contribution in [0.5, 0.6) is 5.75 Å². The summed E-state index contributed by atoms with van der Waals surface area (Å²) >= 11 is 12.3. The molecule has 1 fully saturated rings. The molecule has 0 spiro atoms. The molecule has 3 aromatic carbocycles. The first-order chi connectivity index (χ1) is 19.7. The smallest absolute Gasteiger partial charge is 0.335 e. The summed E-state index contributed by atoms with van der Waals surface area (Å²) < 4.78 is 37.0. The minimum Gasteiger partial charge on any atom is -0.495 e. The van der Waals surface area contributed by atoms with Gasteiger partial charge in [0.2, 0.25) is 5.91 Å². The van der Waals surface area contributed by atoms with Crippen molar-refractivity contribution in [1.82, 2.24) is 5.32 Å². The molecule has 1 aliphatic rings. The van der Waals surface area contributed by atoms with Crippen molar-refractivity contribution < 1.29 is 28.2 Å². The Labute approximate surface area is 253 Å². The Hall–Kier alpha value is -3.24. The Balaban J connectivity index is 1.94. The minimum absolute atomic E-state index is 0.0340. The maximum atomic E-state index is 15.9. The Kier molecular flexibility index (Phi) is 9.18. The van der Waals surface area contributed by atoms with Gasteiger partial charge in [-0.2, -0.15) is 0 Å². The molecule has 5 N–H and O–H groups in total. The quantitative estimate of drug-likeness (QED) is 0.233. The zero-order chi connectivity index (χ0) is 31.0. The predicted molar refractivity (Wildman–Crippen MR) is 160 cm³/mol. The maximum absolute atomic E-state index is 15.9. The highest BCUT2D eigenvalue weighted by atomic mass is 35.5. The van der Waals surface area contributed by atoms with Gasteiger partial charge < -0.3 is 26.2 Å². The largest absolute Gasteiger partial charge is 0.495 e. The summed E-state index contributed by atoms with van der Waals surface area (Å²) in [7, 11) is 1.34. The number of carbonyl (C=O) groups excluding carboxylic acids is 1. The number of aromatic carboxylic acids is 1. The zero-order valence-electron chi connectivity index (χ0n) is 23.6. The second-order valence-corrected chi connectivity index (χ2v) is 12.5. The van der Waals surface area contributed by atoms with Gasteiger partial charge in [0, 0.05) is 28.9 Å². The maximum Gasteiger partial charge on any atom is 0.335 e. The molecule has 1 saturated heterocycles. The van der Waals surface area contributed by atoms with Crippen LogP contribution in [0.1, 0.15) is 54.6 Å². The molecule has 0 saturated carbocycles. The van der Waals surface area contributed by atoms with E-state index in [0.29, 0.717) is 6.42 Å².